The van der Waals surface area contributed by atoms with Gasteiger partial charge in [-0.3, -0.25) is 0 Å². The Morgan fingerprint density at radius 3 is 2.36 bits per heavy atom. The molecule has 0 bridgehead atoms. The van der Waals surface area contributed by atoms with E-state index >= 15 is 0 Å². The summed E-state index contributed by atoms with van der Waals surface area (Å²) in [5.41, 5.74) is 7.21. The molecule has 0 radical (unpaired) electrons. The second-order valence-corrected chi connectivity index (χ2v) is 14.0. The van der Waals surface area contributed by atoms with Crippen molar-refractivity contribution in [3.8, 4) is 17.2 Å². The Morgan fingerprint density at radius 1 is 1.20 bits per heavy atom. The summed E-state index contributed by atoms with van der Waals surface area (Å²) in [6.45, 7) is 13.8. The minimum absolute atomic E-state index is 0.416. The van der Waals surface area contributed by atoms with Crippen LogP contribution < -0.4 is 4.74 Å². The topological polar surface area (TPSA) is 22.1 Å². The van der Waals surface area contributed by atoms with Crippen LogP contribution in [0.2, 0.25) is 19.6 Å². The molecule has 1 heterocycles. The maximum absolute atomic E-state index is 5.66. The number of methoxy groups -OCH3 is 1. The van der Waals surface area contributed by atoms with Gasteiger partial charge in [0.2, 0.25) is 0 Å². The molecule has 3 heteroatoms. The third-order valence-corrected chi connectivity index (χ3v) is 5.78. The van der Waals surface area contributed by atoms with Crippen molar-refractivity contribution in [2.45, 2.75) is 66.1 Å². The van der Waals surface area contributed by atoms with E-state index < -0.39 is 8.07 Å². The zero-order valence-corrected chi connectivity index (χ0v) is 18.0. The van der Waals surface area contributed by atoms with Crippen LogP contribution in [0.25, 0.3) is 6.08 Å². The van der Waals surface area contributed by atoms with E-state index in [0.717, 1.165) is 22.9 Å². The average molecular weight is 356 g/mol. The molecule has 136 valence electrons. The smallest absolute Gasteiger partial charge is 0.160 e. The first-order valence-corrected chi connectivity index (χ1v) is 12.9. The van der Waals surface area contributed by atoms with Gasteiger partial charge in [0, 0.05) is 11.8 Å². The molecular formula is C22H33NOSi. The van der Waals surface area contributed by atoms with E-state index in [9.17, 15) is 0 Å². The van der Waals surface area contributed by atoms with Gasteiger partial charge in [0.15, 0.2) is 11.4 Å². The number of hydrogen-bond acceptors (Lipinski definition) is 2. The van der Waals surface area contributed by atoms with Gasteiger partial charge in [-0.1, -0.05) is 58.0 Å². The first-order valence-electron chi connectivity index (χ1n) is 9.36. The van der Waals surface area contributed by atoms with E-state index in [0.29, 0.717) is 5.41 Å². The minimum Gasteiger partial charge on any atom is -0.493 e. The molecule has 1 saturated carbocycles. The highest BCUT2D eigenvalue weighted by Crippen LogP contribution is 2.40. The van der Waals surface area contributed by atoms with Crippen LogP contribution in [-0.4, -0.2) is 20.2 Å². The lowest BCUT2D eigenvalue weighted by molar-refractivity contribution is 0.198. The molecule has 0 unspecified atom stereocenters. The summed E-state index contributed by atoms with van der Waals surface area (Å²) in [5, 5.41) is 0. The number of aromatic nitrogens is 1. The third kappa shape index (κ3) is 5.75. The van der Waals surface area contributed by atoms with E-state index in [1.165, 1.54) is 31.3 Å². The SMILES string of the molecule is COc1c(C=C2CCC(C(C)(C)C)CC2)ccnc1C#C[Si](C)(C)C. The summed E-state index contributed by atoms with van der Waals surface area (Å²) in [4.78, 5) is 4.45. The van der Waals surface area contributed by atoms with E-state index in [2.05, 4.69) is 62.9 Å². The number of pyridine rings is 1. The van der Waals surface area contributed by atoms with Gasteiger partial charge in [-0.25, -0.2) is 4.98 Å². The first kappa shape index (κ1) is 19.8. The Labute approximate surface area is 155 Å². The summed E-state index contributed by atoms with van der Waals surface area (Å²) in [7, 11) is 0.284. The van der Waals surface area contributed by atoms with Crippen molar-refractivity contribution >= 4 is 14.1 Å². The normalized spacial score (nSPS) is 18.4. The molecule has 0 amide bonds. The van der Waals surface area contributed by atoms with E-state index in [1.54, 1.807) is 7.11 Å². The van der Waals surface area contributed by atoms with Crippen LogP contribution in [0.3, 0.4) is 0 Å². The summed E-state index contributed by atoms with van der Waals surface area (Å²) in [6, 6.07) is 2.04. The van der Waals surface area contributed by atoms with Gasteiger partial charge in [0.1, 0.15) is 8.07 Å². The fraction of sp³-hybridized carbons (Fsp3) is 0.591. The van der Waals surface area contributed by atoms with Crippen molar-refractivity contribution in [1.82, 2.24) is 4.98 Å². The standard InChI is InChI=1S/C22H33NOSi/c1-22(2,3)19-10-8-17(9-11-19)16-18-12-14-23-20(21(18)24-4)13-15-25(5,6)7/h12,14,16,19H,8-11H2,1-7H3. The molecule has 1 aliphatic carbocycles. The molecule has 0 aromatic carbocycles. The van der Waals surface area contributed by atoms with Crippen molar-refractivity contribution in [2.75, 3.05) is 7.11 Å². The summed E-state index contributed by atoms with van der Waals surface area (Å²) in [5.74, 6) is 4.89. The third-order valence-electron chi connectivity index (χ3n) is 4.91. The largest absolute Gasteiger partial charge is 0.493 e. The van der Waals surface area contributed by atoms with Gasteiger partial charge in [0.25, 0.3) is 0 Å². The highest BCUT2D eigenvalue weighted by atomic mass is 28.3. The molecule has 0 aliphatic heterocycles. The van der Waals surface area contributed by atoms with Gasteiger partial charge in [0.05, 0.1) is 7.11 Å². The van der Waals surface area contributed by atoms with E-state index in [-0.39, 0.29) is 0 Å². The van der Waals surface area contributed by atoms with Crippen molar-refractivity contribution in [1.29, 1.82) is 0 Å². The van der Waals surface area contributed by atoms with Crippen molar-refractivity contribution < 1.29 is 4.74 Å². The Bertz CT molecular complexity index is 685. The Morgan fingerprint density at radius 2 is 1.84 bits per heavy atom. The predicted molar refractivity (Wildman–Crippen MR) is 110 cm³/mol. The lowest BCUT2D eigenvalue weighted by Crippen LogP contribution is -2.23. The molecule has 1 aromatic heterocycles. The van der Waals surface area contributed by atoms with Gasteiger partial charge >= 0.3 is 0 Å². The van der Waals surface area contributed by atoms with Crippen LogP contribution in [0.5, 0.6) is 5.75 Å². The van der Waals surface area contributed by atoms with Crippen LogP contribution in [0, 0.1) is 22.8 Å². The maximum atomic E-state index is 5.66. The van der Waals surface area contributed by atoms with E-state index in [4.69, 9.17) is 4.74 Å². The molecule has 1 fully saturated rings. The van der Waals surface area contributed by atoms with Gasteiger partial charge in [-0.05, 0) is 43.1 Å². The van der Waals surface area contributed by atoms with Crippen molar-refractivity contribution in [3.05, 3.63) is 29.1 Å². The quantitative estimate of drug-likeness (QED) is 0.484. The van der Waals surface area contributed by atoms with Crippen LogP contribution >= 0.6 is 0 Å². The van der Waals surface area contributed by atoms with Crippen molar-refractivity contribution in [2.24, 2.45) is 11.3 Å². The predicted octanol–water partition coefficient (Wildman–Crippen LogP) is 5.94. The lowest BCUT2D eigenvalue weighted by atomic mass is 9.71. The molecule has 0 saturated heterocycles. The monoisotopic (exact) mass is 355 g/mol. The maximum Gasteiger partial charge on any atom is 0.160 e. The zero-order chi connectivity index (χ0) is 18.7. The molecule has 25 heavy (non-hydrogen) atoms. The second-order valence-electron chi connectivity index (χ2n) is 9.22. The van der Waals surface area contributed by atoms with Crippen molar-refractivity contribution in [3.63, 3.8) is 0 Å². The Hall–Kier alpha value is -1.53. The summed E-state index contributed by atoms with van der Waals surface area (Å²) in [6.07, 6.45) is 9.09. The summed E-state index contributed by atoms with van der Waals surface area (Å²) < 4.78 is 5.66. The lowest BCUT2D eigenvalue weighted by Gasteiger charge is -2.34. The number of ether oxygens (including phenoxy) is 1. The van der Waals surface area contributed by atoms with Gasteiger partial charge in [-0.15, -0.1) is 5.54 Å². The van der Waals surface area contributed by atoms with E-state index in [1.807, 2.05) is 12.3 Å². The Balaban J connectivity index is 2.24. The van der Waals surface area contributed by atoms with Gasteiger partial charge < -0.3 is 4.74 Å². The molecule has 1 aliphatic rings. The second kappa shape index (κ2) is 7.79. The number of allylic oxidation sites excluding steroid dienone is 1. The molecule has 0 atom stereocenters. The van der Waals surface area contributed by atoms with Crippen LogP contribution in [0.15, 0.2) is 17.8 Å². The fourth-order valence-electron chi connectivity index (χ4n) is 3.35. The zero-order valence-electron chi connectivity index (χ0n) is 17.0. The first-order chi connectivity index (χ1) is 11.6. The number of nitrogens with zero attached hydrogens (tertiary/aromatic N) is 1. The number of rotatable bonds is 2. The van der Waals surface area contributed by atoms with Gasteiger partial charge in [-0.2, -0.15) is 0 Å². The molecule has 0 N–H and O–H groups in total. The average Bonchev–Trinajstić information content (AvgIpc) is 2.52. The van der Waals surface area contributed by atoms with Crippen LogP contribution in [0.4, 0.5) is 0 Å². The van der Waals surface area contributed by atoms with Crippen LogP contribution in [-0.2, 0) is 0 Å². The van der Waals surface area contributed by atoms with Crippen LogP contribution in [0.1, 0.15) is 57.7 Å². The highest BCUT2D eigenvalue weighted by Gasteiger charge is 2.27. The molecular weight excluding hydrogens is 322 g/mol. The number of hydrogen-bond donors (Lipinski definition) is 0. The molecule has 2 rings (SSSR count). The minimum atomic E-state index is -1.43. The molecule has 1 aromatic rings. The molecule has 0 spiro atoms. The fourth-order valence-corrected chi connectivity index (χ4v) is 3.84. The molecule has 2 nitrogen and oxygen atoms in total. The summed E-state index contributed by atoms with van der Waals surface area (Å²) >= 11 is 0. The highest BCUT2D eigenvalue weighted by molar-refractivity contribution is 6.83. The Kier molecular flexibility index (Phi) is 6.16.